The van der Waals surface area contributed by atoms with Crippen LogP contribution in [-0.2, 0) is 4.79 Å². The maximum atomic E-state index is 11.9. The van der Waals surface area contributed by atoms with E-state index in [4.69, 9.17) is 0 Å². The van der Waals surface area contributed by atoms with Crippen molar-refractivity contribution in [1.29, 1.82) is 0 Å². The summed E-state index contributed by atoms with van der Waals surface area (Å²) in [5.74, 6) is 2.15. The van der Waals surface area contributed by atoms with Gasteiger partial charge >= 0.3 is 0 Å². The van der Waals surface area contributed by atoms with Crippen molar-refractivity contribution in [3.05, 3.63) is 11.1 Å². The smallest absolute Gasteiger partial charge is 0.158 e. The molecule has 1 N–H and O–H groups in total. The largest absolute Gasteiger partial charge is 0.393 e. The van der Waals surface area contributed by atoms with Crippen LogP contribution >= 0.6 is 0 Å². The number of hydrogen-bond acceptors (Lipinski definition) is 2. The van der Waals surface area contributed by atoms with Gasteiger partial charge in [-0.05, 0) is 74.7 Å². The Balaban J connectivity index is 1.95. The van der Waals surface area contributed by atoms with Crippen molar-refractivity contribution < 1.29 is 9.90 Å². The number of carbonyl (C=O) groups is 1. The van der Waals surface area contributed by atoms with Gasteiger partial charge < -0.3 is 5.11 Å². The van der Waals surface area contributed by atoms with Crippen molar-refractivity contribution in [1.82, 2.24) is 0 Å². The summed E-state index contributed by atoms with van der Waals surface area (Å²) in [6.45, 7) is 6.39. The van der Waals surface area contributed by atoms with E-state index in [1.165, 1.54) is 12.0 Å². The van der Waals surface area contributed by atoms with Gasteiger partial charge in [0, 0.05) is 6.42 Å². The monoisotopic (exact) mass is 262 g/mol. The van der Waals surface area contributed by atoms with E-state index in [1.54, 1.807) is 0 Å². The first-order chi connectivity index (χ1) is 8.95. The zero-order valence-electron chi connectivity index (χ0n) is 12.4. The molecule has 0 heterocycles. The zero-order chi connectivity index (χ0) is 13.8. The van der Waals surface area contributed by atoms with Gasteiger partial charge in [-0.1, -0.05) is 12.5 Å². The molecule has 0 aromatic rings. The quantitative estimate of drug-likeness (QED) is 0.785. The van der Waals surface area contributed by atoms with E-state index in [9.17, 15) is 9.90 Å². The number of ketones is 1. The third-order valence-electron chi connectivity index (χ3n) is 6.51. The lowest BCUT2D eigenvalue weighted by Crippen LogP contribution is -2.42. The molecule has 0 saturated heterocycles. The molecule has 0 radical (unpaired) electrons. The predicted octanol–water partition coefficient (Wildman–Crippen LogP) is 3.49. The topological polar surface area (TPSA) is 37.3 Å². The minimum Gasteiger partial charge on any atom is -0.393 e. The highest BCUT2D eigenvalue weighted by Gasteiger charge is 2.54. The lowest BCUT2D eigenvalue weighted by molar-refractivity contribution is -0.117. The molecule has 0 bridgehead atoms. The Morgan fingerprint density at radius 1 is 1.26 bits per heavy atom. The third-order valence-corrected chi connectivity index (χ3v) is 6.51. The Labute approximate surface area is 116 Å². The summed E-state index contributed by atoms with van der Waals surface area (Å²) >= 11 is 0. The van der Waals surface area contributed by atoms with Crippen LogP contribution in [0.5, 0.6) is 0 Å². The molecule has 5 atom stereocenters. The third kappa shape index (κ3) is 1.83. The first-order valence-electron chi connectivity index (χ1n) is 7.86. The van der Waals surface area contributed by atoms with Crippen molar-refractivity contribution in [2.75, 3.05) is 0 Å². The highest BCUT2D eigenvalue weighted by atomic mass is 16.3. The molecule has 0 aliphatic heterocycles. The lowest BCUT2D eigenvalue weighted by atomic mass is 9.56. The summed E-state index contributed by atoms with van der Waals surface area (Å²) in [4.78, 5) is 11.9. The standard InChI is InChI=1S/C17H26O2/c1-10-12-8-9-17(3)14(11(2)18)5-6-15(17)13(12)4-7-16(10)19/h11,13-15,18H,4-9H2,1-3H3/t11-,13+,14+,15-,17+/m0/s1. The molecule has 106 valence electrons. The van der Waals surface area contributed by atoms with Gasteiger partial charge in [0.05, 0.1) is 6.10 Å². The number of carbonyl (C=O) groups excluding carboxylic acids is 1. The maximum absolute atomic E-state index is 11.9. The van der Waals surface area contributed by atoms with Crippen LogP contribution in [0.4, 0.5) is 0 Å². The minimum absolute atomic E-state index is 0.188. The molecule has 2 nitrogen and oxygen atoms in total. The van der Waals surface area contributed by atoms with Crippen molar-refractivity contribution in [2.24, 2.45) is 23.2 Å². The van der Waals surface area contributed by atoms with E-state index in [-0.39, 0.29) is 6.10 Å². The van der Waals surface area contributed by atoms with Gasteiger partial charge in [-0.2, -0.15) is 0 Å². The van der Waals surface area contributed by atoms with Crippen molar-refractivity contribution in [2.45, 2.75) is 65.4 Å². The van der Waals surface area contributed by atoms with Gasteiger partial charge in [0.1, 0.15) is 0 Å². The minimum atomic E-state index is -0.188. The second-order valence-electron chi connectivity index (χ2n) is 7.26. The Hall–Kier alpha value is -0.630. The number of aliphatic hydroxyl groups is 1. The predicted molar refractivity (Wildman–Crippen MR) is 75.7 cm³/mol. The molecule has 19 heavy (non-hydrogen) atoms. The summed E-state index contributed by atoms with van der Waals surface area (Å²) in [5.41, 5.74) is 2.83. The molecule has 3 rings (SSSR count). The van der Waals surface area contributed by atoms with E-state index < -0.39 is 0 Å². The average Bonchev–Trinajstić information content (AvgIpc) is 2.71. The Kier molecular flexibility index (Phi) is 3.12. The first-order valence-corrected chi connectivity index (χ1v) is 7.86. The van der Waals surface area contributed by atoms with Crippen LogP contribution in [0.25, 0.3) is 0 Å². The molecule has 2 fully saturated rings. The van der Waals surface area contributed by atoms with Crippen LogP contribution in [0.2, 0.25) is 0 Å². The SMILES string of the molecule is CC1=C2CC[C@]3(C)[C@@H]([C@H](C)O)CC[C@H]3[C@@H]2CCC1=O. The van der Waals surface area contributed by atoms with E-state index in [0.29, 0.717) is 29.0 Å². The van der Waals surface area contributed by atoms with Crippen molar-refractivity contribution in [3.8, 4) is 0 Å². The second-order valence-corrected chi connectivity index (χ2v) is 7.26. The summed E-state index contributed by atoms with van der Waals surface area (Å²) < 4.78 is 0. The molecule has 0 aromatic heterocycles. The van der Waals surface area contributed by atoms with E-state index in [2.05, 4.69) is 6.92 Å². The Morgan fingerprint density at radius 2 is 2.00 bits per heavy atom. The number of fused-ring (bicyclic) bond motifs is 3. The van der Waals surface area contributed by atoms with E-state index >= 15 is 0 Å². The fourth-order valence-electron chi connectivity index (χ4n) is 5.44. The van der Waals surface area contributed by atoms with Crippen LogP contribution in [0.15, 0.2) is 11.1 Å². The molecule has 3 aliphatic rings. The highest BCUT2D eigenvalue weighted by molar-refractivity contribution is 5.96. The summed E-state index contributed by atoms with van der Waals surface area (Å²) in [6, 6.07) is 0. The number of Topliss-reactive ketones (excluding diaryl/α,β-unsaturated/α-hetero) is 1. The normalized spacial score (nSPS) is 44.0. The highest BCUT2D eigenvalue weighted by Crippen LogP contribution is 2.61. The summed E-state index contributed by atoms with van der Waals surface area (Å²) in [6.07, 6.45) is 6.25. The number of rotatable bonds is 1. The molecular formula is C17H26O2. The van der Waals surface area contributed by atoms with Crippen LogP contribution in [-0.4, -0.2) is 17.0 Å². The molecule has 2 saturated carbocycles. The van der Waals surface area contributed by atoms with Crippen LogP contribution in [0.3, 0.4) is 0 Å². The van der Waals surface area contributed by atoms with E-state index in [1.807, 2.05) is 13.8 Å². The molecule has 0 unspecified atom stereocenters. The van der Waals surface area contributed by atoms with Gasteiger partial charge in [0.2, 0.25) is 0 Å². The fraction of sp³-hybridized carbons (Fsp3) is 0.824. The molecular weight excluding hydrogens is 236 g/mol. The van der Waals surface area contributed by atoms with Gasteiger partial charge in [-0.3, -0.25) is 4.79 Å². The van der Waals surface area contributed by atoms with Gasteiger partial charge in [-0.25, -0.2) is 0 Å². The maximum Gasteiger partial charge on any atom is 0.158 e. The molecule has 0 aromatic carbocycles. The van der Waals surface area contributed by atoms with Crippen LogP contribution < -0.4 is 0 Å². The Morgan fingerprint density at radius 3 is 2.68 bits per heavy atom. The summed E-state index contributed by atoms with van der Waals surface area (Å²) in [5, 5.41) is 10.1. The number of aliphatic hydroxyl groups excluding tert-OH is 1. The van der Waals surface area contributed by atoms with Crippen molar-refractivity contribution >= 4 is 5.78 Å². The molecule has 3 aliphatic carbocycles. The Bertz CT molecular complexity index is 435. The van der Waals surface area contributed by atoms with E-state index in [0.717, 1.165) is 37.7 Å². The zero-order valence-corrected chi connectivity index (χ0v) is 12.4. The molecule has 2 heteroatoms. The summed E-state index contributed by atoms with van der Waals surface area (Å²) in [7, 11) is 0. The molecule has 0 spiro atoms. The van der Waals surface area contributed by atoms with Crippen molar-refractivity contribution in [3.63, 3.8) is 0 Å². The van der Waals surface area contributed by atoms with Gasteiger partial charge in [-0.15, -0.1) is 0 Å². The lowest BCUT2D eigenvalue weighted by Gasteiger charge is -2.48. The van der Waals surface area contributed by atoms with Crippen LogP contribution in [0.1, 0.15) is 59.3 Å². The number of hydrogen-bond donors (Lipinski definition) is 1. The second kappa shape index (κ2) is 4.44. The van der Waals surface area contributed by atoms with Gasteiger partial charge in [0.15, 0.2) is 5.78 Å². The fourth-order valence-corrected chi connectivity index (χ4v) is 5.44. The number of allylic oxidation sites excluding steroid dienone is 2. The van der Waals surface area contributed by atoms with Gasteiger partial charge in [0.25, 0.3) is 0 Å². The van der Waals surface area contributed by atoms with Crippen LogP contribution in [0, 0.1) is 23.2 Å². The average molecular weight is 262 g/mol. The first kappa shape index (κ1) is 13.4. The molecule has 0 amide bonds.